The zero-order chi connectivity index (χ0) is 14.8. The predicted octanol–water partition coefficient (Wildman–Crippen LogP) is 1.88. The molecule has 0 saturated carbocycles. The van der Waals surface area contributed by atoms with Crippen LogP contribution >= 0.6 is 0 Å². The lowest BCUT2D eigenvalue weighted by molar-refractivity contribution is -0.125. The van der Waals surface area contributed by atoms with Gasteiger partial charge in [-0.2, -0.15) is 4.98 Å². The van der Waals surface area contributed by atoms with Crippen LogP contribution in [0.3, 0.4) is 0 Å². The van der Waals surface area contributed by atoms with Crippen molar-refractivity contribution in [3.05, 3.63) is 11.7 Å². The second-order valence-corrected chi connectivity index (χ2v) is 6.17. The highest BCUT2D eigenvalue weighted by Gasteiger charge is 2.39. The number of hydrogen-bond acceptors (Lipinski definition) is 6. The molecular formula is C14H22N2O4. The number of hydrogen-bond donors (Lipinski definition) is 0. The van der Waals surface area contributed by atoms with Crippen LogP contribution in [0.15, 0.2) is 4.52 Å². The molecule has 1 aromatic rings. The fourth-order valence-electron chi connectivity index (χ4n) is 2.13. The molecule has 1 aliphatic rings. The number of ketones is 1. The molecule has 0 aliphatic carbocycles. The Morgan fingerprint density at radius 3 is 2.55 bits per heavy atom. The Bertz CT molecular complexity index is 470. The highest BCUT2D eigenvalue weighted by molar-refractivity contribution is 5.84. The van der Waals surface area contributed by atoms with Crippen molar-refractivity contribution >= 4 is 5.78 Å². The first kappa shape index (κ1) is 15.1. The lowest BCUT2D eigenvalue weighted by Gasteiger charge is -2.32. The van der Waals surface area contributed by atoms with Crippen molar-refractivity contribution in [2.75, 3.05) is 20.3 Å². The molecular weight excluding hydrogens is 260 g/mol. The van der Waals surface area contributed by atoms with Crippen molar-refractivity contribution in [3.8, 4) is 0 Å². The van der Waals surface area contributed by atoms with Crippen LogP contribution in [0.1, 0.15) is 45.3 Å². The van der Waals surface area contributed by atoms with Gasteiger partial charge in [0.05, 0.1) is 6.42 Å². The van der Waals surface area contributed by atoms with E-state index in [9.17, 15) is 4.79 Å². The van der Waals surface area contributed by atoms with Gasteiger partial charge in [0.1, 0.15) is 11.4 Å². The summed E-state index contributed by atoms with van der Waals surface area (Å²) < 4.78 is 16.2. The zero-order valence-corrected chi connectivity index (χ0v) is 12.6. The normalized spacial score (nSPS) is 19.0. The SMILES string of the molecule is COC1(c2noc(CC(=O)C(C)(C)C)n2)CCOCC1. The first-order chi connectivity index (χ1) is 9.37. The second kappa shape index (κ2) is 5.61. The van der Waals surface area contributed by atoms with E-state index >= 15 is 0 Å². The maximum absolute atomic E-state index is 12.0. The van der Waals surface area contributed by atoms with Crippen LogP contribution in [0.5, 0.6) is 0 Å². The Kier molecular flexibility index (Phi) is 4.25. The first-order valence-electron chi connectivity index (χ1n) is 6.87. The maximum atomic E-state index is 12.0. The molecule has 20 heavy (non-hydrogen) atoms. The van der Waals surface area contributed by atoms with Gasteiger partial charge < -0.3 is 14.0 Å². The first-order valence-corrected chi connectivity index (χ1v) is 6.87. The number of nitrogens with zero attached hydrogens (tertiary/aromatic N) is 2. The molecule has 0 bridgehead atoms. The molecule has 2 heterocycles. The van der Waals surface area contributed by atoms with Crippen molar-refractivity contribution in [1.82, 2.24) is 10.1 Å². The largest absolute Gasteiger partial charge is 0.381 e. The molecule has 0 unspecified atom stereocenters. The molecule has 6 heteroatoms. The quantitative estimate of drug-likeness (QED) is 0.839. The minimum atomic E-state index is -0.551. The molecule has 1 saturated heterocycles. The van der Waals surface area contributed by atoms with Crippen molar-refractivity contribution in [2.45, 2.75) is 45.6 Å². The number of aromatic nitrogens is 2. The van der Waals surface area contributed by atoms with E-state index < -0.39 is 11.0 Å². The Hall–Kier alpha value is -1.27. The van der Waals surface area contributed by atoms with Crippen LogP contribution in [0, 0.1) is 5.41 Å². The third-order valence-corrected chi connectivity index (χ3v) is 3.72. The Labute approximate surface area is 118 Å². The highest BCUT2D eigenvalue weighted by atomic mass is 16.5. The van der Waals surface area contributed by atoms with Crippen molar-refractivity contribution < 1.29 is 18.8 Å². The summed E-state index contributed by atoms with van der Waals surface area (Å²) in [6.07, 6.45) is 1.54. The minimum absolute atomic E-state index is 0.0751. The topological polar surface area (TPSA) is 74.5 Å². The third-order valence-electron chi connectivity index (χ3n) is 3.72. The van der Waals surface area contributed by atoms with Crippen LogP contribution in [0.2, 0.25) is 0 Å². The summed E-state index contributed by atoms with van der Waals surface area (Å²) in [5, 5.41) is 4.00. The molecule has 0 spiro atoms. The summed E-state index contributed by atoms with van der Waals surface area (Å²) >= 11 is 0. The summed E-state index contributed by atoms with van der Waals surface area (Å²) in [5.41, 5.74) is -0.961. The summed E-state index contributed by atoms with van der Waals surface area (Å²) in [4.78, 5) is 16.3. The van der Waals surface area contributed by atoms with Crippen molar-refractivity contribution in [2.24, 2.45) is 5.41 Å². The van der Waals surface area contributed by atoms with Gasteiger partial charge in [-0.15, -0.1) is 0 Å². The maximum Gasteiger partial charge on any atom is 0.234 e. The van der Waals surface area contributed by atoms with Crippen LogP contribution in [0.4, 0.5) is 0 Å². The second-order valence-electron chi connectivity index (χ2n) is 6.17. The molecule has 2 rings (SSSR count). The van der Waals surface area contributed by atoms with E-state index in [1.165, 1.54) is 0 Å². The molecule has 1 fully saturated rings. The number of methoxy groups -OCH3 is 1. The van der Waals surface area contributed by atoms with Crippen LogP contribution in [-0.4, -0.2) is 36.2 Å². The minimum Gasteiger partial charge on any atom is -0.381 e. The van der Waals surface area contributed by atoms with Crippen LogP contribution in [0.25, 0.3) is 0 Å². The summed E-state index contributed by atoms with van der Waals surface area (Å²) in [6.45, 7) is 6.85. The van der Waals surface area contributed by atoms with Gasteiger partial charge in [0.2, 0.25) is 11.7 Å². The van der Waals surface area contributed by atoms with Crippen molar-refractivity contribution in [3.63, 3.8) is 0 Å². The van der Waals surface area contributed by atoms with Gasteiger partial charge in [-0.1, -0.05) is 25.9 Å². The molecule has 0 amide bonds. The van der Waals surface area contributed by atoms with Gasteiger partial charge >= 0.3 is 0 Å². The van der Waals surface area contributed by atoms with E-state index in [1.54, 1.807) is 7.11 Å². The molecule has 1 aliphatic heterocycles. The predicted molar refractivity (Wildman–Crippen MR) is 71.2 cm³/mol. The van der Waals surface area contributed by atoms with E-state index in [2.05, 4.69) is 10.1 Å². The number of rotatable bonds is 4. The van der Waals surface area contributed by atoms with Crippen molar-refractivity contribution in [1.29, 1.82) is 0 Å². The lowest BCUT2D eigenvalue weighted by Crippen LogP contribution is -2.36. The molecule has 0 aromatic carbocycles. The van der Waals surface area contributed by atoms with E-state index in [0.717, 1.165) is 0 Å². The average Bonchev–Trinajstić information content (AvgIpc) is 2.87. The van der Waals surface area contributed by atoms with Crippen LogP contribution in [-0.2, 0) is 26.3 Å². The van der Waals surface area contributed by atoms with Gasteiger partial charge in [-0.05, 0) is 0 Å². The molecule has 0 N–H and O–H groups in total. The third kappa shape index (κ3) is 3.07. The van der Waals surface area contributed by atoms with Gasteiger partial charge in [-0.25, -0.2) is 0 Å². The highest BCUT2D eigenvalue weighted by Crippen LogP contribution is 2.33. The number of carbonyl (C=O) groups is 1. The van der Waals surface area contributed by atoms with E-state index in [4.69, 9.17) is 14.0 Å². The number of carbonyl (C=O) groups excluding carboxylic acids is 1. The fourth-order valence-corrected chi connectivity index (χ4v) is 2.13. The summed E-state index contributed by atoms with van der Waals surface area (Å²) in [7, 11) is 1.64. The molecule has 0 radical (unpaired) electrons. The molecule has 0 atom stereocenters. The standard InChI is InChI=1S/C14H22N2O4/c1-13(2,3)10(17)9-11-15-12(16-20-11)14(18-4)5-7-19-8-6-14/h5-9H2,1-4H3. The van der Waals surface area contributed by atoms with E-state index in [0.29, 0.717) is 37.8 Å². The lowest BCUT2D eigenvalue weighted by atomic mass is 9.89. The van der Waals surface area contributed by atoms with Gasteiger partial charge in [-0.3, -0.25) is 4.79 Å². The van der Waals surface area contributed by atoms with Gasteiger partial charge in [0, 0.05) is 38.6 Å². The zero-order valence-electron chi connectivity index (χ0n) is 12.6. The summed E-state index contributed by atoms with van der Waals surface area (Å²) in [6, 6.07) is 0. The number of ether oxygens (including phenoxy) is 2. The number of Topliss-reactive ketones (excluding diaryl/α,β-unsaturated/α-hetero) is 1. The fraction of sp³-hybridized carbons (Fsp3) is 0.786. The Morgan fingerprint density at radius 1 is 1.35 bits per heavy atom. The summed E-state index contributed by atoms with van der Waals surface area (Å²) in [5.74, 6) is 0.939. The van der Waals surface area contributed by atoms with Crippen LogP contribution < -0.4 is 0 Å². The van der Waals surface area contributed by atoms with E-state index in [-0.39, 0.29) is 12.2 Å². The molecule has 1 aromatic heterocycles. The van der Waals surface area contributed by atoms with Gasteiger partial charge in [0.15, 0.2) is 0 Å². The Morgan fingerprint density at radius 2 is 2.00 bits per heavy atom. The smallest absolute Gasteiger partial charge is 0.234 e. The van der Waals surface area contributed by atoms with E-state index in [1.807, 2.05) is 20.8 Å². The molecule has 6 nitrogen and oxygen atoms in total. The van der Waals surface area contributed by atoms with Gasteiger partial charge in [0.25, 0.3) is 0 Å². The Balaban J connectivity index is 2.14. The average molecular weight is 282 g/mol. The monoisotopic (exact) mass is 282 g/mol. The molecule has 112 valence electrons.